The topological polar surface area (TPSA) is 73.6 Å². The Morgan fingerprint density at radius 3 is 2.40 bits per heavy atom. The van der Waals surface area contributed by atoms with Gasteiger partial charge in [0.1, 0.15) is 23.1 Å². The second-order valence-corrected chi connectivity index (χ2v) is 7.21. The lowest BCUT2D eigenvalue weighted by Crippen LogP contribution is -2.13. The number of halogens is 1. The number of amides is 1. The lowest BCUT2D eigenvalue weighted by atomic mass is 10.0. The summed E-state index contributed by atoms with van der Waals surface area (Å²) in [6.45, 7) is 7.71. The number of hydrogen-bond donors (Lipinski definition) is 1. The summed E-state index contributed by atoms with van der Waals surface area (Å²) >= 11 is 0. The zero-order chi connectivity index (χ0) is 21.8. The number of benzene rings is 2. The molecular weight excluding hydrogens is 387 g/mol. The standard InChI is InChI=1S/C23H25FN2O4/c1-13-8-19(25-21(27)6-7-28-5)9-14(2)23(13)29-20-11-17(10-18(24)12-20)22-15(3)26-30-16(22)4/h8-12H,6-7H2,1-5H3,(H,25,27). The van der Waals surface area contributed by atoms with Crippen molar-refractivity contribution >= 4 is 11.6 Å². The molecule has 30 heavy (non-hydrogen) atoms. The third-order valence-corrected chi connectivity index (χ3v) is 4.69. The maximum absolute atomic E-state index is 14.3. The lowest BCUT2D eigenvalue weighted by molar-refractivity contribution is -0.117. The normalized spacial score (nSPS) is 10.9. The van der Waals surface area contributed by atoms with Crippen LogP contribution in [-0.4, -0.2) is 24.8 Å². The van der Waals surface area contributed by atoms with Crippen LogP contribution in [0.4, 0.5) is 10.1 Å². The van der Waals surface area contributed by atoms with Crippen molar-refractivity contribution in [1.82, 2.24) is 5.16 Å². The molecule has 1 aromatic heterocycles. The monoisotopic (exact) mass is 412 g/mol. The van der Waals surface area contributed by atoms with Crippen LogP contribution >= 0.6 is 0 Å². The Morgan fingerprint density at radius 2 is 1.80 bits per heavy atom. The molecule has 0 saturated carbocycles. The number of carbonyl (C=O) groups excluding carboxylic acids is 1. The summed E-state index contributed by atoms with van der Waals surface area (Å²) in [5.74, 6) is 1.05. The number of methoxy groups -OCH3 is 1. The van der Waals surface area contributed by atoms with Gasteiger partial charge in [-0.05, 0) is 68.7 Å². The summed E-state index contributed by atoms with van der Waals surface area (Å²) in [6, 6.07) is 8.16. The van der Waals surface area contributed by atoms with E-state index in [9.17, 15) is 9.18 Å². The van der Waals surface area contributed by atoms with Crippen molar-refractivity contribution in [3.8, 4) is 22.6 Å². The zero-order valence-corrected chi connectivity index (χ0v) is 17.8. The molecular formula is C23H25FN2O4. The van der Waals surface area contributed by atoms with Crippen LogP contribution in [0.3, 0.4) is 0 Å². The number of aryl methyl sites for hydroxylation is 4. The molecule has 1 heterocycles. The first-order valence-corrected chi connectivity index (χ1v) is 9.60. The van der Waals surface area contributed by atoms with E-state index in [1.807, 2.05) is 32.9 Å². The highest BCUT2D eigenvalue weighted by molar-refractivity contribution is 5.91. The fraction of sp³-hybridized carbons (Fsp3) is 0.304. The minimum Gasteiger partial charge on any atom is -0.457 e. The maximum Gasteiger partial charge on any atom is 0.226 e. The van der Waals surface area contributed by atoms with Crippen molar-refractivity contribution in [2.24, 2.45) is 0 Å². The van der Waals surface area contributed by atoms with Gasteiger partial charge in [-0.2, -0.15) is 0 Å². The summed E-state index contributed by atoms with van der Waals surface area (Å²) in [6.07, 6.45) is 0.278. The smallest absolute Gasteiger partial charge is 0.226 e. The fourth-order valence-corrected chi connectivity index (χ4v) is 3.38. The van der Waals surface area contributed by atoms with Gasteiger partial charge in [-0.1, -0.05) is 5.16 Å². The highest BCUT2D eigenvalue weighted by Crippen LogP contribution is 2.35. The lowest BCUT2D eigenvalue weighted by Gasteiger charge is -2.15. The van der Waals surface area contributed by atoms with Crippen molar-refractivity contribution < 1.29 is 23.2 Å². The molecule has 3 rings (SSSR count). The average Bonchev–Trinajstić information content (AvgIpc) is 3.01. The Balaban J connectivity index is 1.87. The van der Waals surface area contributed by atoms with Gasteiger partial charge in [0.25, 0.3) is 0 Å². The van der Waals surface area contributed by atoms with Gasteiger partial charge >= 0.3 is 0 Å². The minimum absolute atomic E-state index is 0.126. The molecule has 1 N–H and O–H groups in total. The molecule has 0 radical (unpaired) electrons. The van der Waals surface area contributed by atoms with Gasteiger partial charge in [-0.15, -0.1) is 0 Å². The molecule has 0 atom stereocenters. The van der Waals surface area contributed by atoms with Gasteiger partial charge in [0.15, 0.2) is 0 Å². The summed E-state index contributed by atoms with van der Waals surface area (Å²) < 4.78 is 30.5. The Labute approximate surface area is 175 Å². The second kappa shape index (κ2) is 9.09. The van der Waals surface area contributed by atoms with Gasteiger partial charge in [0.05, 0.1) is 18.7 Å². The summed E-state index contributed by atoms with van der Waals surface area (Å²) in [5, 5.41) is 6.78. The molecule has 0 aliphatic rings. The van der Waals surface area contributed by atoms with E-state index >= 15 is 0 Å². The van der Waals surface area contributed by atoms with Gasteiger partial charge in [-0.3, -0.25) is 4.79 Å². The van der Waals surface area contributed by atoms with Crippen LogP contribution in [0.5, 0.6) is 11.5 Å². The van der Waals surface area contributed by atoms with Crippen LogP contribution in [0.15, 0.2) is 34.9 Å². The van der Waals surface area contributed by atoms with E-state index in [-0.39, 0.29) is 12.3 Å². The van der Waals surface area contributed by atoms with E-state index in [2.05, 4.69) is 10.5 Å². The average molecular weight is 412 g/mol. The second-order valence-electron chi connectivity index (χ2n) is 7.21. The number of nitrogens with zero attached hydrogens (tertiary/aromatic N) is 1. The fourth-order valence-electron chi connectivity index (χ4n) is 3.38. The van der Waals surface area contributed by atoms with Crippen molar-refractivity contribution in [3.05, 3.63) is 58.7 Å². The highest BCUT2D eigenvalue weighted by atomic mass is 19.1. The number of ether oxygens (including phenoxy) is 2. The van der Waals surface area contributed by atoms with Gasteiger partial charge < -0.3 is 19.3 Å². The SMILES string of the molecule is COCCC(=O)Nc1cc(C)c(Oc2cc(F)cc(-c3c(C)noc3C)c2)c(C)c1. The zero-order valence-electron chi connectivity index (χ0n) is 17.8. The van der Waals surface area contributed by atoms with E-state index in [4.69, 9.17) is 14.0 Å². The third kappa shape index (κ3) is 4.86. The molecule has 0 aliphatic carbocycles. The van der Waals surface area contributed by atoms with Crippen molar-refractivity contribution in [1.29, 1.82) is 0 Å². The predicted molar refractivity (Wildman–Crippen MR) is 112 cm³/mol. The highest BCUT2D eigenvalue weighted by Gasteiger charge is 2.15. The minimum atomic E-state index is -0.417. The molecule has 0 spiro atoms. The van der Waals surface area contributed by atoms with Crippen molar-refractivity contribution in [2.75, 3.05) is 19.0 Å². The first-order valence-electron chi connectivity index (χ1n) is 9.60. The Kier molecular flexibility index (Phi) is 6.52. The molecule has 2 aromatic carbocycles. The molecule has 3 aromatic rings. The molecule has 6 nitrogen and oxygen atoms in total. The van der Waals surface area contributed by atoms with Crippen LogP contribution < -0.4 is 10.1 Å². The van der Waals surface area contributed by atoms with Crippen LogP contribution in [-0.2, 0) is 9.53 Å². The van der Waals surface area contributed by atoms with Crippen LogP contribution in [0.1, 0.15) is 29.0 Å². The first kappa shape index (κ1) is 21.5. The van der Waals surface area contributed by atoms with E-state index in [0.29, 0.717) is 40.8 Å². The molecule has 1 amide bonds. The molecule has 7 heteroatoms. The third-order valence-electron chi connectivity index (χ3n) is 4.69. The van der Waals surface area contributed by atoms with Crippen molar-refractivity contribution in [3.63, 3.8) is 0 Å². The molecule has 158 valence electrons. The molecule has 0 fully saturated rings. The molecule has 0 unspecified atom stereocenters. The number of nitrogens with one attached hydrogen (secondary N) is 1. The summed E-state index contributed by atoms with van der Waals surface area (Å²) in [5.41, 5.74) is 4.39. The molecule has 0 aliphatic heterocycles. The van der Waals surface area contributed by atoms with E-state index in [0.717, 1.165) is 16.7 Å². The van der Waals surface area contributed by atoms with Crippen molar-refractivity contribution in [2.45, 2.75) is 34.1 Å². The number of anilines is 1. The quantitative estimate of drug-likeness (QED) is 0.556. The van der Waals surface area contributed by atoms with Crippen LogP contribution in [0.2, 0.25) is 0 Å². The van der Waals surface area contributed by atoms with Gasteiger partial charge in [-0.25, -0.2) is 4.39 Å². The van der Waals surface area contributed by atoms with Crippen LogP contribution in [0, 0.1) is 33.5 Å². The Hall–Kier alpha value is -3.19. The van der Waals surface area contributed by atoms with E-state index in [1.165, 1.54) is 12.1 Å². The predicted octanol–water partition coefficient (Wildman–Crippen LogP) is 5.48. The molecule has 0 bridgehead atoms. The Bertz CT molecular complexity index is 1030. The number of carbonyl (C=O) groups is 1. The largest absolute Gasteiger partial charge is 0.457 e. The van der Waals surface area contributed by atoms with Crippen LogP contribution in [0.25, 0.3) is 11.1 Å². The van der Waals surface area contributed by atoms with E-state index in [1.54, 1.807) is 20.1 Å². The number of rotatable bonds is 7. The first-order chi connectivity index (χ1) is 14.3. The maximum atomic E-state index is 14.3. The Morgan fingerprint density at radius 1 is 1.10 bits per heavy atom. The summed E-state index contributed by atoms with van der Waals surface area (Å²) in [4.78, 5) is 11.9. The molecule has 0 saturated heterocycles. The number of aromatic nitrogens is 1. The summed E-state index contributed by atoms with van der Waals surface area (Å²) in [7, 11) is 1.55. The van der Waals surface area contributed by atoms with Gasteiger partial charge in [0.2, 0.25) is 5.91 Å². The van der Waals surface area contributed by atoms with E-state index < -0.39 is 5.82 Å². The van der Waals surface area contributed by atoms with Gasteiger partial charge in [0, 0.05) is 24.4 Å². The number of hydrogen-bond acceptors (Lipinski definition) is 5.